The van der Waals surface area contributed by atoms with E-state index in [0.29, 0.717) is 0 Å². The zero-order chi connectivity index (χ0) is 11.5. The largest absolute Gasteiger partial charge is 0.366 e. The molecule has 0 spiro atoms. The molecule has 17 heavy (non-hydrogen) atoms. The number of H-pyrrole nitrogens is 1. The second-order valence-electron chi connectivity index (χ2n) is 3.78. The van der Waals surface area contributed by atoms with E-state index in [2.05, 4.69) is 26.3 Å². The number of hydrogen-bond acceptors (Lipinski definition) is 3. The van der Waals surface area contributed by atoms with Gasteiger partial charge in [0.25, 0.3) is 0 Å². The number of rotatable bonds is 3. The number of para-hydroxylation sites is 1. The molecule has 2 aromatic heterocycles. The average molecular weight is 224 g/mol. The van der Waals surface area contributed by atoms with E-state index in [1.54, 1.807) is 12.5 Å². The Hall–Kier alpha value is -2.36. The van der Waals surface area contributed by atoms with Crippen molar-refractivity contribution in [1.82, 2.24) is 15.0 Å². The smallest absolute Gasteiger partial charge is 0.126 e. The van der Waals surface area contributed by atoms with Gasteiger partial charge in [-0.05, 0) is 23.8 Å². The maximum atomic E-state index is 4.31. The minimum Gasteiger partial charge on any atom is -0.366 e. The second-order valence-corrected chi connectivity index (χ2v) is 3.78. The molecule has 0 aliphatic carbocycles. The quantitative estimate of drug-likeness (QED) is 0.719. The zero-order valence-electron chi connectivity index (χ0n) is 9.22. The summed E-state index contributed by atoms with van der Waals surface area (Å²) >= 11 is 0. The molecular formula is C13H12N4. The van der Waals surface area contributed by atoms with Crippen molar-refractivity contribution < 1.29 is 0 Å². The molecule has 4 nitrogen and oxygen atoms in total. The topological polar surface area (TPSA) is 53.6 Å². The maximum Gasteiger partial charge on any atom is 0.126 e. The van der Waals surface area contributed by atoms with Gasteiger partial charge in [0.05, 0.1) is 17.4 Å². The van der Waals surface area contributed by atoms with Crippen molar-refractivity contribution in [2.24, 2.45) is 0 Å². The first-order valence-corrected chi connectivity index (χ1v) is 5.49. The van der Waals surface area contributed by atoms with Crippen molar-refractivity contribution >= 4 is 16.9 Å². The number of aromatic amines is 1. The van der Waals surface area contributed by atoms with Crippen molar-refractivity contribution in [3.8, 4) is 0 Å². The summed E-state index contributed by atoms with van der Waals surface area (Å²) in [4.78, 5) is 11.6. The molecule has 3 aromatic rings. The van der Waals surface area contributed by atoms with Crippen LogP contribution >= 0.6 is 0 Å². The first kappa shape index (κ1) is 9.84. The lowest BCUT2D eigenvalue weighted by Gasteiger charge is -2.05. The van der Waals surface area contributed by atoms with E-state index in [1.165, 1.54) is 0 Å². The highest BCUT2D eigenvalue weighted by Gasteiger charge is 2.02. The molecule has 3 rings (SSSR count). The van der Waals surface area contributed by atoms with Gasteiger partial charge in [0.2, 0.25) is 0 Å². The van der Waals surface area contributed by atoms with Crippen molar-refractivity contribution in [2.75, 3.05) is 5.32 Å². The second kappa shape index (κ2) is 4.25. The van der Waals surface area contributed by atoms with E-state index < -0.39 is 0 Å². The van der Waals surface area contributed by atoms with Gasteiger partial charge in [0.1, 0.15) is 5.82 Å². The monoisotopic (exact) mass is 224 g/mol. The molecule has 2 heterocycles. The number of aromatic nitrogens is 3. The zero-order valence-corrected chi connectivity index (χ0v) is 9.22. The van der Waals surface area contributed by atoms with Crippen molar-refractivity contribution in [3.05, 3.63) is 54.5 Å². The lowest BCUT2D eigenvalue weighted by molar-refractivity contribution is 1.12. The van der Waals surface area contributed by atoms with Crippen LogP contribution in [0.15, 0.2) is 48.9 Å². The standard InChI is InChI=1S/C13H12N4/c1-2-7-14-12(6-1)15-8-10-4-3-5-11-13(10)17-9-16-11/h1-7,9H,8H2,(H,14,15)(H,16,17). The van der Waals surface area contributed by atoms with E-state index in [0.717, 1.165) is 29.0 Å². The molecular weight excluding hydrogens is 212 g/mol. The highest BCUT2D eigenvalue weighted by molar-refractivity contribution is 5.78. The summed E-state index contributed by atoms with van der Waals surface area (Å²) < 4.78 is 0. The van der Waals surface area contributed by atoms with Crippen LogP contribution in [0.2, 0.25) is 0 Å². The van der Waals surface area contributed by atoms with Crippen LogP contribution in [-0.4, -0.2) is 15.0 Å². The number of pyridine rings is 1. The summed E-state index contributed by atoms with van der Waals surface area (Å²) in [6.45, 7) is 0.721. The highest BCUT2D eigenvalue weighted by Crippen LogP contribution is 2.15. The molecule has 4 heteroatoms. The Bertz CT molecular complexity index is 615. The van der Waals surface area contributed by atoms with Gasteiger partial charge in [-0.3, -0.25) is 0 Å². The van der Waals surface area contributed by atoms with Crippen LogP contribution in [0, 0.1) is 0 Å². The molecule has 0 aliphatic heterocycles. The summed E-state index contributed by atoms with van der Waals surface area (Å²) in [6.07, 6.45) is 3.49. The Morgan fingerprint density at radius 1 is 1.06 bits per heavy atom. The van der Waals surface area contributed by atoms with Crippen LogP contribution in [-0.2, 0) is 6.54 Å². The fourth-order valence-corrected chi connectivity index (χ4v) is 1.82. The summed E-state index contributed by atoms with van der Waals surface area (Å²) in [5.74, 6) is 0.875. The third-order valence-electron chi connectivity index (χ3n) is 2.66. The number of nitrogens with one attached hydrogen (secondary N) is 2. The Morgan fingerprint density at radius 2 is 2.06 bits per heavy atom. The minimum atomic E-state index is 0.721. The summed E-state index contributed by atoms with van der Waals surface area (Å²) in [7, 11) is 0. The molecule has 0 fully saturated rings. The van der Waals surface area contributed by atoms with E-state index in [-0.39, 0.29) is 0 Å². The third kappa shape index (κ3) is 1.97. The molecule has 2 N–H and O–H groups in total. The minimum absolute atomic E-state index is 0.721. The fourth-order valence-electron chi connectivity index (χ4n) is 1.82. The van der Waals surface area contributed by atoms with Gasteiger partial charge < -0.3 is 10.3 Å². The van der Waals surface area contributed by atoms with Crippen LogP contribution in [0.4, 0.5) is 5.82 Å². The van der Waals surface area contributed by atoms with Crippen molar-refractivity contribution in [1.29, 1.82) is 0 Å². The lowest BCUT2D eigenvalue weighted by Crippen LogP contribution is -2.01. The lowest BCUT2D eigenvalue weighted by atomic mass is 10.2. The average Bonchev–Trinajstić information content (AvgIpc) is 2.86. The molecule has 84 valence electrons. The Balaban J connectivity index is 1.84. The van der Waals surface area contributed by atoms with Crippen LogP contribution < -0.4 is 5.32 Å². The first-order chi connectivity index (χ1) is 8.43. The van der Waals surface area contributed by atoms with Crippen molar-refractivity contribution in [2.45, 2.75) is 6.54 Å². The SMILES string of the molecule is c1ccc(NCc2cccc3[nH]cnc23)nc1. The third-order valence-corrected chi connectivity index (χ3v) is 2.66. The molecule has 1 aromatic carbocycles. The van der Waals surface area contributed by atoms with E-state index in [1.807, 2.05) is 30.3 Å². The molecule has 0 aliphatic rings. The molecule has 0 amide bonds. The molecule has 0 saturated heterocycles. The predicted octanol–water partition coefficient (Wildman–Crippen LogP) is 2.57. The first-order valence-electron chi connectivity index (χ1n) is 5.49. The highest BCUT2D eigenvalue weighted by atomic mass is 15.0. The molecule has 0 unspecified atom stereocenters. The summed E-state index contributed by atoms with van der Waals surface area (Å²) in [5.41, 5.74) is 3.23. The van der Waals surface area contributed by atoms with E-state index in [9.17, 15) is 0 Å². The summed E-state index contributed by atoms with van der Waals surface area (Å²) in [5, 5.41) is 3.28. The van der Waals surface area contributed by atoms with Crippen molar-refractivity contribution in [3.63, 3.8) is 0 Å². The normalized spacial score (nSPS) is 10.6. The Kier molecular flexibility index (Phi) is 2.46. The van der Waals surface area contributed by atoms with Gasteiger partial charge in [0, 0.05) is 12.7 Å². The number of hydrogen-bond donors (Lipinski definition) is 2. The van der Waals surface area contributed by atoms with Crippen LogP contribution in [0.25, 0.3) is 11.0 Å². The molecule has 0 saturated carbocycles. The Labute approximate surface area is 98.7 Å². The van der Waals surface area contributed by atoms with E-state index in [4.69, 9.17) is 0 Å². The van der Waals surface area contributed by atoms with Crippen LogP contribution in [0.3, 0.4) is 0 Å². The number of anilines is 1. The van der Waals surface area contributed by atoms with Gasteiger partial charge in [0.15, 0.2) is 0 Å². The molecule has 0 radical (unpaired) electrons. The fraction of sp³-hybridized carbons (Fsp3) is 0.0769. The summed E-state index contributed by atoms with van der Waals surface area (Å²) in [6, 6.07) is 11.9. The van der Waals surface area contributed by atoms with Gasteiger partial charge in [-0.25, -0.2) is 9.97 Å². The number of imidazole rings is 1. The molecule has 0 atom stereocenters. The van der Waals surface area contributed by atoms with E-state index >= 15 is 0 Å². The van der Waals surface area contributed by atoms with Gasteiger partial charge >= 0.3 is 0 Å². The van der Waals surface area contributed by atoms with Crippen LogP contribution in [0.5, 0.6) is 0 Å². The maximum absolute atomic E-state index is 4.31. The van der Waals surface area contributed by atoms with Gasteiger partial charge in [-0.1, -0.05) is 18.2 Å². The number of fused-ring (bicyclic) bond motifs is 1. The van der Waals surface area contributed by atoms with Gasteiger partial charge in [-0.15, -0.1) is 0 Å². The Morgan fingerprint density at radius 3 is 2.94 bits per heavy atom. The molecule has 0 bridgehead atoms. The number of benzene rings is 1. The van der Waals surface area contributed by atoms with Crippen LogP contribution in [0.1, 0.15) is 5.56 Å². The predicted molar refractivity (Wildman–Crippen MR) is 67.7 cm³/mol. The number of nitrogens with zero attached hydrogens (tertiary/aromatic N) is 2. The van der Waals surface area contributed by atoms with Gasteiger partial charge in [-0.2, -0.15) is 0 Å².